The van der Waals surface area contributed by atoms with Gasteiger partial charge >= 0.3 is 5.97 Å². The van der Waals surface area contributed by atoms with Gasteiger partial charge in [-0.1, -0.05) is 13.0 Å². The second-order valence-electron chi connectivity index (χ2n) is 4.45. The van der Waals surface area contributed by atoms with Crippen LogP contribution in [0.25, 0.3) is 0 Å². The lowest BCUT2D eigenvalue weighted by Gasteiger charge is -2.06. The fourth-order valence-electron chi connectivity index (χ4n) is 2.00. The molecule has 20 heavy (non-hydrogen) atoms. The maximum atomic E-state index is 13.5. The number of aromatic carboxylic acids is 1. The van der Waals surface area contributed by atoms with Gasteiger partial charge in [-0.3, -0.25) is 0 Å². The van der Waals surface area contributed by atoms with Crippen LogP contribution in [-0.4, -0.2) is 11.1 Å². The van der Waals surface area contributed by atoms with E-state index < -0.39 is 11.8 Å². The van der Waals surface area contributed by atoms with Crippen molar-refractivity contribution < 1.29 is 14.3 Å². The van der Waals surface area contributed by atoms with Crippen LogP contribution in [0.1, 0.15) is 33.3 Å². The summed E-state index contributed by atoms with van der Waals surface area (Å²) >= 11 is 1.70. The predicted octanol–water partition coefficient (Wildman–Crippen LogP) is 3.44. The van der Waals surface area contributed by atoms with Crippen LogP contribution < -0.4 is 5.32 Å². The zero-order chi connectivity index (χ0) is 14.5. The molecule has 106 valence electrons. The maximum Gasteiger partial charge on any atom is 0.338 e. The average Bonchev–Trinajstić information content (AvgIpc) is 2.86. The minimum Gasteiger partial charge on any atom is -0.478 e. The fraction of sp³-hybridized carbons (Fsp3) is 0.267. The van der Waals surface area contributed by atoms with Gasteiger partial charge in [0.25, 0.3) is 0 Å². The van der Waals surface area contributed by atoms with Crippen molar-refractivity contribution >= 4 is 17.3 Å². The SMILES string of the molecule is CCc1ccsc1CNCc1ccc(C(=O)O)c(F)c1. The zero-order valence-electron chi connectivity index (χ0n) is 11.1. The van der Waals surface area contributed by atoms with Crippen LogP contribution >= 0.6 is 11.3 Å². The molecule has 1 heterocycles. The van der Waals surface area contributed by atoms with Gasteiger partial charge in [0, 0.05) is 18.0 Å². The number of thiophene rings is 1. The number of rotatable bonds is 6. The Morgan fingerprint density at radius 2 is 2.15 bits per heavy atom. The quantitative estimate of drug-likeness (QED) is 0.858. The predicted molar refractivity (Wildman–Crippen MR) is 77.6 cm³/mol. The van der Waals surface area contributed by atoms with E-state index in [-0.39, 0.29) is 5.56 Å². The van der Waals surface area contributed by atoms with Crippen molar-refractivity contribution in [2.45, 2.75) is 26.4 Å². The smallest absolute Gasteiger partial charge is 0.338 e. The second-order valence-corrected chi connectivity index (χ2v) is 5.45. The summed E-state index contributed by atoms with van der Waals surface area (Å²) in [4.78, 5) is 12.0. The minimum absolute atomic E-state index is 0.291. The van der Waals surface area contributed by atoms with Crippen molar-refractivity contribution in [2.75, 3.05) is 0 Å². The largest absolute Gasteiger partial charge is 0.478 e. The molecule has 0 unspecified atom stereocenters. The Balaban J connectivity index is 1.95. The Kier molecular flexibility index (Phi) is 4.87. The van der Waals surface area contributed by atoms with Crippen LogP contribution in [0.4, 0.5) is 4.39 Å². The van der Waals surface area contributed by atoms with Crippen molar-refractivity contribution in [3.63, 3.8) is 0 Å². The third kappa shape index (κ3) is 3.43. The van der Waals surface area contributed by atoms with Crippen LogP contribution in [0.5, 0.6) is 0 Å². The first-order chi connectivity index (χ1) is 9.61. The van der Waals surface area contributed by atoms with Crippen molar-refractivity contribution in [1.82, 2.24) is 5.32 Å². The summed E-state index contributed by atoms with van der Waals surface area (Å²) in [6, 6.07) is 6.32. The lowest BCUT2D eigenvalue weighted by atomic mass is 10.1. The van der Waals surface area contributed by atoms with Crippen molar-refractivity contribution in [3.8, 4) is 0 Å². The summed E-state index contributed by atoms with van der Waals surface area (Å²) in [5, 5.41) is 14.1. The minimum atomic E-state index is -1.24. The molecule has 1 aromatic carbocycles. The van der Waals surface area contributed by atoms with E-state index in [1.54, 1.807) is 17.4 Å². The van der Waals surface area contributed by atoms with Gasteiger partial charge in [-0.2, -0.15) is 0 Å². The normalized spacial score (nSPS) is 10.7. The van der Waals surface area contributed by atoms with Crippen LogP contribution in [-0.2, 0) is 19.5 Å². The van der Waals surface area contributed by atoms with Gasteiger partial charge in [-0.25, -0.2) is 9.18 Å². The van der Waals surface area contributed by atoms with Gasteiger partial charge in [-0.15, -0.1) is 11.3 Å². The van der Waals surface area contributed by atoms with Gasteiger partial charge in [0.1, 0.15) is 5.82 Å². The van der Waals surface area contributed by atoms with Gasteiger partial charge in [0.15, 0.2) is 0 Å². The Hall–Kier alpha value is -1.72. The summed E-state index contributed by atoms with van der Waals surface area (Å²) in [6.07, 6.45) is 1.00. The maximum absolute atomic E-state index is 13.5. The van der Waals surface area contributed by atoms with Crippen LogP contribution in [0.3, 0.4) is 0 Å². The molecule has 0 bridgehead atoms. The number of carbonyl (C=O) groups is 1. The number of carboxylic acid groups (broad SMARTS) is 1. The van der Waals surface area contributed by atoms with Gasteiger partial charge < -0.3 is 10.4 Å². The van der Waals surface area contributed by atoms with Crippen molar-refractivity contribution in [1.29, 1.82) is 0 Å². The number of hydrogen-bond acceptors (Lipinski definition) is 3. The first-order valence-corrected chi connectivity index (χ1v) is 7.27. The fourth-order valence-corrected chi connectivity index (χ4v) is 2.95. The van der Waals surface area contributed by atoms with Gasteiger partial charge in [0.2, 0.25) is 0 Å². The van der Waals surface area contributed by atoms with E-state index in [0.29, 0.717) is 6.54 Å². The standard InChI is InChI=1S/C15H16FNO2S/c1-2-11-5-6-20-14(11)9-17-8-10-3-4-12(15(18)19)13(16)7-10/h3-7,17H,2,8-9H2,1H3,(H,18,19). The monoisotopic (exact) mass is 293 g/mol. The summed E-state index contributed by atoms with van der Waals surface area (Å²) in [6.45, 7) is 3.37. The number of aryl methyl sites for hydroxylation is 1. The highest BCUT2D eigenvalue weighted by molar-refractivity contribution is 7.10. The molecule has 0 radical (unpaired) electrons. The summed E-state index contributed by atoms with van der Waals surface area (Å²) in [5.74, 6) is -1.93. The highest BCUT2D eigenvalue weighted by atomic mass is 32.1. The molecule has 2 rings (SSSR count). The average molecular weight is 293 g/mol. The molecule has 2 N–H and O–H groups in total. The van der Waals surface area contributed by atoms with Crippen LogP contribution in [0.15, 0.2) is 29.6 Å². The lowest BCUT2D eigenvalue weighted by molar-refractivity contribution is 0.0692. The van der Waals surface area contributed by atoms with E-state index >= 15 is 0 Å². The Bertz CT molecular complexity index is 610. The Labute approximate surface area is 121 Å². The number of hydrogen-bond donors (Lipinski definition) is 2. The van der Waals surface area contributed by atoms with Crippen LogP contribution in [0.2, 0.25) is 0 Å². The highest BCUT2D eigenvalue weighted by Crippen LogP contribution is 2.17. The zero-order valence-corrected chi connectivity index (χ0v) is 12.0. The summed E-state index contributed by atoms with van der Waals surface area (Å²) in [7, 11) is 0. The number of halogens is 1. The summed E-state index contributed by atoms with van der Waals surface area (Å²) < 4.78 is 13.5. The molecule has 0 saturated carbocycles. The van der Waals surface area contributed by atoms with Gasteiger partial charge in [-0.05, 0) is 41.1 Å². The molecule has 0 spiro atoms. The number of carboxylic acids is 1. The molecule has 0 aliphatic heterocycles. The van der Waals surface area contributed by atoms with Crippen molar-refractivity contribution in [3.05, 3.63) is 57.0 Å². The van der Waals surface area contributed by atoms with E-state index in [2.05, 4.69) is 23.7 Å². The number of nitrogens with one attached hydrogen (secondary N) is 1. The molecule has 5 heteroatoms. The van der Waals surface area contributed by atoms with E-state index in [1.165, 1.54) is 22.6 Å². The van der Waals surface area contributed by atoms with Crippen LogP contribution in [0, 0.1) is 5.82 Å². The molecule has 0 aliphatic rings. The van der Waals surface area contributed by atoms with E-state index in [0.717, 1.165) is 18.5 Å². The molecule has 0 aliphatic carbocycles. The molecule has 0 fully saturated rings. The second kappa shape index (κ2) is 6.63. The molecule has 3 nitrogen and oxygen atoms in total. The molecule has 0 atom stereocenters. The van der Waals surface area contributed by atoms with Gasteiger partial charge in [0.05, 0.1) is 5.56 Å². The molecule has 0 saturated heterocycles. The third-order valence-corrected chi connectivity index (χ3v) is 4.06. The van der Waals surface area contributed by atoms with E-state index in [4.69, 9.17) is 5.11 Å². The summed E-state index contributed by atoms with van der Waals surface area (Å²) in [5.41, 5.74) is 1.78. The Morgan fingerprint density at radius 3 is 2.80 bits per heavy atom. The topological polar surface area (TPSA) is 49.3 Å². The lowest BCUT2D eigenvalue weighted by Crippen LogP contribution is -2.13. The molecule has 1 aromatic heterocycles. The third-order valence-electron chi connectivity index (χ3n) is 3.10. The first kappa shape index (κ1) is 14.7. The molecular formula is C15H16FNO2S. The highest BCUT2D eigenvalue weighted by Gasteiger charge is 2.10. The Morgan fingerprint density at radius 1 is 1.35 bits per heavy atom. The van der Waals surface area contributed by atoms with E-state index in [9.17, 15) is 9.18 Å². The van der Waals surface area contributed by atoms with Crippen molar-refractivity contribution in [2.24, 2.45) is 0 Å². The molecule has 2 aromatic rings. The molecule has 0 amide bonds. The van der Waals surface area contributed by atoms with E-state index in [1.807, 2.05) is 0 Å². The first-order valence-electron chi connectivity index (χ1n) is 6.39. The number of benzene rings is 1. The molecular weight excluding hydrogens is 277 g/mol.